The third-order valence-corrected chi connectivity index (χ3v) is 5.06. The zero-order chi connectivity index (χ0) is 15.1. The van der Waals surface area contributed by atoms with Gasteiger partial charge >= 0.3 is 0 Å². The monoisotopic (exact) mass is 300 g/mol. The van der Waals surface area contributed by atoms with Crippen LogP contribution in [0.15, 0.2) is 12.4 Å². The van der Waals surface area contributed by atoms with Crippen LogP contribution in [-0.2, 0) is 7.05 Å². The molecule has 0 N–H and O–H groups in total. The fourth-order valence-corrected chi connectivity index (χ4v) is 3.82. The van der Waals surface area contributed by atoms with Crippen molar-refractivity contribution in [1.82, 2.24) is 29.4 Å². The van der Waals surface area contributed by atoms with E-state index < -0.39 is 0 Å². The van der Waals surface area contributed by atoms with Gasteiger partial charge < -0.3 is 4.90 Å². The van der Waals surface area contributed by atoms with E-state index in [1.807, 2.05) is 28.8 Å². The van der Waals surface area contributed by atoms with Crippen LogP contribution in [0.2, 0.25) is 0 Å². The lowest BCUT2D eigenvalue weighted by Crippen LogP contribution is -2.15. The highest BCUT2D eigenvalue weighted by Crippen LogP contribution is 2.34. The maximum atomic E-state index is 4.98. The molecule has 0 spiro atoms. The normalized spacial score (nSPS) is 23.6. The van der Waals surface area contributed by atoms with Gasteiger partial charge in [-0.05, 0) is 32.9 Å². The lowest BCUT2D eigenvalue weighted by Gasteiger charge is -2.10. The predicted molar refractivity (Wildman–Crippen MR) is 84.2 cm³/mol. The third-order valence-electron chi connectivity index (χ3n) is 5.06. The molecule has 0 amide bonds. The molecule has 1 atom stereocenters. The van der Waals surface area contributed by atoms with Crippen LogP contribution in [0.5, 0.6) is 0 Å². The Bertz CT molecular complexity index is 651. The maximum Gasteiger partial charge on any atom is 0.154 e. The molecule has 1 saturated carbocycles. The minimum absolute atomic E-state index is 0.479. The molecule has 6 heteroatoms. The zero-order valence-electron chi connectivity index (χ0n) is 13.4. The van der Waals surface area contributed by atoms with Crippen LogP contribution in [0.4, 0.5) is 0 Å². The summed E-state index contributed by atoms with van der Waals surface area (Å²) < 4.78 is 3.88. The van der Waals surface area contributed by atoms with Gasteiger partial charge in [-0.1, -0.05) is 12.8 Å². The first-order valence-corrected chi connectivity index (χ1v) is 8.35. The highest BCUT2D eigenvalue weighted by Gasteiger charge is 2.30. The van der Waals surface area contributed by atoms with Gasteiger partial charge in [0.25, 0.3) is 0 Å². The first-order chi connectivity index (χ1) is 10.7. The Labute approximate surface area is 131 Å². The second kappa shape index (κ2) is 5.50. The fourth-order valence-electron chi connectivity index (χ4n) is 3.82. The lowest BCUT2D eigenvalue weighted by molar-refractivity contribution is 0.409. The standard InChI is InChI=1S/C16H24N6/c1-20-8-7-13(10-20)16-18-15(12-5-3-4-6-12)19-22(16)14-9-17-21(2)11-14/h9,11-13H,3-8,10H2,1-2H3/t13-/m0/s1. The van der Waals surface area contributed by atoms with Crippen molar-refractivity contribution in [3.63, 3.8) is 0 Å². The first-order valence-electron chi connectivity index (χ1n) is 8.35. The van der Waals surface area contributed by atoms with Gasteiger partial charge in [-0.3, -0.25) is 4.68 Å². The Morgan fingerprint density at radius 3 is 2.55 bits per heavy atom. The molecule has 22 heavy (non-hydrogen) atoms. The van der Waals surface area contributed by atoms with Crippen LogP contribution < -0.4 is 0 Å². The quantitative estimate of drug-likeness (QED) is 0.871. The summed E-state index contributed by atoms with van der Waals surface area (Å²) in [6.07, 6.45) is 10.2. The molecule has 0 aromatic carbocycles. The van der Waals surface area contributed by atoms with E-state index in [1.165, 1.54) is 32.1 Å². The van der Waals surface area contributed by atoms with Gasteiger partial charge in [0, 0.05) is 25.4 Å². The van der Waals surface area contributed by atoms with Crippen molar-refractivity contribution in [2.24, 2.45) is 7.05 Å². The summed E-state index contributed by atoms with van der Waals surface area (Å²) in [4.78, 5) is 7.36. The smallest absolute Gasteiger partial charge is 0.154 e. The van der Waals surface area contributed by atoms with Gasteiger partial charge in [0.05, 0.1) is 12.4 Å². The molecule has 3 heterocycles. The average Bonchev–Trinajstić information content (AvgIpc) is 3.24. The SMILES string of the molecule is CN1CC[C@H](c2nc(C3CCCC3)nn2-c2cnn(C)c2)C1. The molecule has 118 valence electrons. The predicted octanol–water partition coefficient (Wildman–Crippen LogP) is 2.08. The molecular weight excluding hydrogens is 276 g/mol. The van der Waals surface area contributed by atoms with E-state index in [4.69, 9.17) is 10.1 Å². The van der Waals surface area contributed by atoms with E-state index in [1.54, 1.807) is 0 Å². The van der Waals surface area contributed by atoms with E-state index in [2.05, 4.69) is 17.0 Å². The third kappa shape index (κ3) is 2.45. The largest absolute Gasteiger partial charge is 0.306 e. The summed E-state index contributed by atoms with van der Waals surface area (Å²) in [7, 11) is 4.13. The number of likely N-dealkylation sites (tertiary alicyclic amines) is 1. The van der Waals surface area contributed by atoms with Crippen molar-refractivity contribution in [1.29, 1.82) is 0 Å². The molecule has 2 aliphatic rings. The van der Waals surface area contributed by atoms with Crippen LogP contribution in [0, 0.1) is 0 Å². The lowest BCUT2D eigenvalue weighted by atomic mass is 10.1. The van der Waals surface area contributed by atoms with E-state index in [0.29, 0.717) is 11.8 Å². The van der Waals surface area contributed by atoms with Crippen LogP contribution in [-0.4, -0.2) is 49.6 Å². The maximum absolute atomic E-state index is 4.98. The van der Waals surface area contributed by atoms with Crippen molar-refractivity contribution in [2.45, 2.75) is 43.9 Å². The van der Waals surface area contributed by atoms with E-state index in [0.717, 1.165) is 30.4 Å². The molecular formula is C16H24N6. The number of likely N-dealkylation sites (N-methyl/N-ethyl adjacent to an activating group) is 1. The molecule has 1 aliphatic heterocycles. The Balaban J connectivity index is 1.73. The van der Waals surface area contributed by atoms with Crippen LogP contribution in [0.1, 0.15) is 55.6 Å². The van der Waals surface area contributed by atoms with Gasteiger partial charge in [0.1, 0.15) is 11.5 Å². The Morgan fingerprint density at radius 1 is 1.09 bits per heavy atom. The zero-order valence-corrected chi connectivity index (χ0v) is 13.4. The number of aromatic nitrogens is 5. The molecule has 0 radical (unpaired) electrons. The minimum atomic E-state index is 0.479. The van der Waals surface area contributed by atoms with Crippen molar-refractivity contribution in [3.05, 3.63) is 24.0 Å². The summed E-state index contributed by atoms with van der Waals surface area (Å²) in [6.45, 7) is 2.21. The molecule has 4 rings (SSSR count). The van der Waals surface area contributed by atoms with E-state index >= 15 is 0 Å². The van der Waals surface area contributed by atoms with Crippen molar-refractivity contribution >= 4 is 0 Å². The summed E-state index contributed by atoms with van der Waals surface area (Å²) in [6, 6.07) is 0. The van der Waals surface area contributed by atoms with E-state index in [-0.39, 0.29) is 0 Å². The molecule has 1 saturated heterocycles. The fraction of sp³-hybridized carbons (Fsp3) is 0.688. The highest BCUT2D eigenvalue weighted by atomic mass is 15.4. The minimum Gasteiger partial charge on any atom is -0.306 e. The van der Waals surface area contributed by atoms with E-state index in [9.17, 15) is 0 Å². The highest BCUT2D eigenvalue weighted by molar-refractivity contribution is 5.27. The molecule has 2 aromatic heterocycles. The van der Waals surface area contributed by atoms with Crippen molar-refractivity contribution in [3.8, 4) is 5.69 Å². The van der Waals surface area contributed by atoms with Crippen molar-refractivity contribution < 1.29 is 0 Å². The van der Waals surface area contributed by atoms with Crippen LogP contribution in [0.3, 0.4) is 0 Å². The number of hydrogen-bond donors (Lipinski definition) is 0. The van der Waals surface area contributed by atoms with Crippen LogP contribution >= 0.6 is 0 Å². The molecule has 1 aliphatic carbocycles. The van der Waals surface area contributed by atoms with Crippen molar-refractivity contribution in [2.75, 3.05) is 20.1 Å². The number of nitrogens with zero attached hydrogens (tertiary/aromatic N) is 6. The number of aryl methyl sites for hydroxylation is 1. The second-order valence-electron chi connectivity index (χ2n) is 6.84. The van der Waals surface area contributed by atoms with Gasteiger partial charge in [-0.2, -0.15) is 10.2 Å². The summed E-state index contributed by atoms with van der Waals surface area (Å²) in [5, 5.41) is 9.18. The second-order valence-corrected chi connectivity index (χ2v) is 6.84. The van der Waals surface area contributed by atoms with Gasteiger partial charge in [-0.15, -0.1) is 0 Å². The summed E-state index contributed by atoms with van der Waals surface area (Å²) in [5.74, 6) is 3.20. The van der Waals surface area contributed by atoms with Gasteiger partial charge in [-0.25, -0.2) is 9.67 Å². The first kappa shape index (κ1) is 13.9. The van der Waals surface area contributed by atoms with Gasteiger partial charge in [0.2, 0.25) is 0 Å². The number of hydrogen-bond acceptors (Lipinski definition) is 4. The average molecular weight is 300 g/mol. The molecule has 2 fully saturated rings. The van der Waals surface area contributed by atoms with Crippen LogP contribution in [0.25, 0.3) is 5.69 Å². The molecule has 0 bridgehead atoms. The molecule has 6 nitrogen and oxygen atoms in total. The summed E-state index contributed by atoms with van der Waals surface area (Å²) >= 11 is 0. The molecule has 0 unspecified atom stereocenters. The Hall–Kier alpha value is -1.69. The molecule has 2 aromatic rings. The Kier molecular flexibility index (Phi) is 3.48. The number of rotatable bonds is 3. The summed E-state index contributed by atoms with van der Waals surface area (Å²) in [5.41, 5.74) is 1.03. The Morgan fingerprint density at radius 2 is 1.91 bits per heavy atom. The van der Waals surface area contributed by atoms with Gasteiger partial charge in [0.15, 0.2) is 5.82 Å². The topological polar surface area (TPSA) is 51.8 Å².